The van der Waals surface area contributed by atoms with Crippen molar-refractivity contribution in [3.8, 4) is 11.3 Å². The molecule has 3 rings (SSSR count). The van der Waals surface area contributed by atoms with Crippen LogP contribution in [0.5, 0.6) is 0 Å². The van der Waals surface area contributed by atoms with Gasteiger partial charge in [-0.05, 0) is 42.9 Å². The number of halogens is 1. The minimum Gasteiger partial charge on any atom is -0.318 e. The van der Waals surface area contributed by atoms with Gasteiger partial charge < -0.3 is 9.88 Å². The minimum absolute atomic E-state index is 0. The quantitative estimate of drug-likeness (QED) is 0.721. The summed E-state index contributed by atoms with van der Waals surface area (Å²) in [6.07, 6.45) is 3.19. The highest BCUT2D eigenvalue weighted by atomic mass is 35.5. The first-order valence-electron chi connectivity index (χ1n) is 7.77. The molecule has 1 N–H and O–H groups in total. The molecule has 0 aliphatic carbocycles. The zero-order valence-electron chi connectivity index (χ0n) is 14.4. The fourth-order valence-corrected chi connectivity index (χ4v) is 4.10. The van der Waals surface area contributed by atoms with Crippen molar-refractivity contribution in [3.63, 3.8) is 0 Å². The Kier molecular flexibility index (Phi) is 6.07. The summed E-state index contributed by atoms with van der Waals surface area (Å²) in [5.74, 6) is 0. The van der Waals surface area contributed by atoms with E-state index in [1.165, 1.54) is 8.54 Å². The molecular formula is C18H20ClN3O3S. The molecule has 6 nitrogen and oxygen atoms in total. The summed E-state index contributed by atoms with van der Waals surface area (Å²) < 4.78 is 28.8. The second-order valence-electron chi connectivity index (χ2n) is 5.72. The molecule has 0 amide bonds. The van der Waals surface area contributed by atoms with E-state index in [1.807, 2.05) is 0 Å². The lowest BCUT2D eigenvalue weighted by Gasteiger charge is -2.11. The molecule has 0 atom stereocenters. The average Bonchev–Trinajstić information content (AvgIpc) is 3.03. The molecule has 0 fully saturated rings. The number of nitrogens with one attached hydrogen (secondary N) is 1. The standard InChI is InChI=1S/C18H19N3O3S.ClH/c1-19-12-14-11-17(16-9-6-10-20(2)18(16)22)21(13-14)25(23,24)15-7-4-3-5-8-15;/h3-11,13,19H,12H2,1-2H3;1H. The van der Waals surface area contributed by atoms with E-state index in [9.17, 15) is 13.2 Å². The molecule has 2 heterocycles. The van der Waals surface area contributed by atoms with Gasteiger partial charge in [0.05, 0.1) is 16.2 Å². The second kappa shape index (κ2) is 7.90. The average molecular weight is 394 g/mol. The fraction of sp³-hybridized carbons (Fsp3) is 0.167. The van der Waals surface area contributed by atoms with Crippen molar-refractivity contribution in [2.45, 2.75) is 11.4 Å². The van der Waals surface area contributed by atoms with Crippen LogP contribution in [-0.4, -0.2) is 24.0 Å². The van der Waals surface area contributed by atoms with E-state index in [0.717, 1.165) is 5.56 Å². The largest absolute Gasteiger partial charge is 0.318 e. The lowest BCUT2D eigenvalue weighted by atomic mass is 10.2. The third kappa shape index (κ3) is 3.60. The van der Waals surface area contributed by atoms with Gasteiger partial charge in [0, 0.05) is 26.0 Å². The summed E-state index contributed by atoms with van der Waals surface area (Å²) in [5.41, 5.74) is 1.23. The Balaban J connectivity index is 0.00000243. The number of rotatable bonds is 5. The van der Waals surface area contributed by atoms with Crippen LogP contribution in [0.2, 0.25) is 0 Å². The number of pyridine rings is 1. The second-order valence-corrected chi connectivity index (χ2v) is 7.53. The van der Waals surface area contributed by atoms with Gasteiger partial charge in [0.15, 0.2) is 0 Å². The first-order valence-corrected chi connectivity index (χ1v) is 9.21. The van der Waals surface area contributed by atoms with Crippen molar-refractivity contribution in [1.29, 1.82) is 0 Å². The van der Waals surface area contributed by atoms with Crippen molar-refractivity contribution in [3.05, 3.63) is 76.8 Å². The molecule has 1 aromatic carbocycles. The van der Waals surface area contributed by atoms with Crippen LogP contribution < -0.4 is 10.9 Å². The smallest absolute Gasteiger partial charge is 0.268 e. The van der Waals surface area contributed by atoms with Crippen LogP contribution in [-0.2, 0) is 23.6 Å². The number of nitrogens with zero attached hydrogens (tertiary/aromatic N) is 2. The van der Waals surface area contributed by atoms with E-state index in [0.29, 0.717) is 17.8 Å². The van der Waals surface area contributed by atoms with Crippen LogP contribution in [0.3, 0.4) is 0 Å². The lowest BCUT2D eigenvalue weighted by molar-refractivity contribution is 0.588. The van der Waals surface area contributed by atoms with E-state index < -0.39 is 10.0 Å². The highest BCUT2D eigenvalue weighted by Gasteiger charge is 2.22. The Morgan fingerprint density at radius 1 is 1.08 bits per heavy atom. The number of aryl methyl sites for hydroxylation is 1. The minimum atomic E-state index is -3.80. The third-order valence-electron chi connectivity index (χ3n) is 3.92. The Morgan fingerprint density at radius 3 is 2.42 bits per heavy atom. The van der Waals surface area contributed by atoms with Gasteiger partial charge in [-0.3, -0.25) is 4.79 Å². The summed E-state index contributed by atoms with van der Waals surface area (Å²) in [4.78, 5) is 12.7. The predicted octanol–water partition coefficient (Wildman–Crippen LogP) is 2.23. The summed E-state index contributed by atoms with van der Waals surface area (Å²) in [7, 11) is -0.384. The Hall–Kier alpha value is -2.35. The van der Waals surface area contributed by atoms with Crippen LogP contribution in [0, 0.1) is 0 Å². The monoisotopic (exact) mass is 393 g/mol. The molecule has 3 aromatic rings. The van der Waals surface area contributed by atoms with Crippen LogP contribution in [0.1, 0.15) is 5.56 Å². The van der Waals surface area contributed by atoms with Gasteiger partial charge in [-0.15, -0.1) is 12.4 Å². The molecule has 0 aliphatic heterocycles. The molecule has 8 heteroatoms. The molecule has 0 unspecified atom stereocenters. The molecule has 0 radical (unpaired) electrons. The summed E-state index contributed by atoms with van der Waals surface area (Å²) in [6, 6.07) is 13.3. The fourth-order valence-electron chi connectivity index (χ4n) is 2.69. The first-order chi connectivity index (χ1) is 11.9. The maximum atomic E-state index is 13.1. The highest BCUT2D eigenvalue weighted by Crippen LogP contribution is 2.25. The van der Waals surface area contributed by atoms with Gasteiger partial charge in [-0.1, -0.05) is 18.2 Å². The molecule has 138 valence electrons. The number of hydrogen-bond acceptors (Lipinski definition) is 4. The normalized spacial score (nSPS) is 11.2. The van der Waals surface area contributed by atoms with Crippen LogP contribution >= 0.6 is 12.4 Å². The zero-order valence-corrected chi connectivity index (χ0v) is 16.0. The Bertz CT molecular complexity index is 1060. The summed E-state index contributed by atoms with van der Waals surface area (Å²) in [6.45, 7) is 0.497. The first kappa shape index (κ1) is 20.0. The summed E-state index contributed by atoms with van der Waals surface area (Å²) >= 11 is 0. The molecule has 2 aromatic heterocycles. The van der Waals surface area contributed by atoms with Crippen LogP contribution in [0.4, 0.5) is 0 Å². The van der Waals surface area contributed by atoms with Gasteiger partial charge in [0.2, 0.25) is 0 Å². The molecule has 0 saturated carbocycles. The zero-order chi connectivity index (χ0) is 18.0. The number of benzene rings is 1. The van der Waals surface area contributed by atoms with Crippen LogP contribution in [0.15, 0.2) is 70.6 Å². The predicted molar refractivity (Wildman–Crippen MR) is 104 cm³/mol. The van der Waals surface area contributed by atoms with Crippen LogP contribution in [0.25, 0.3) is 11.3 Å². The van der Waals surface area contributed by atoms with Crippen molar-refractivity contribution in [1.82, 2.24) is 13.9 Å². The molecule has 0 aliphatic rings. The lowest BCUT2D eigenvalue weighted by Crippen LogP contribution is -2.20. The summed E-state index contributed by atoms with van der Waals surface area (Å²) in [5, 5.41) is 3.00. The molecular weight excluding hydrogens is 374 g/mol. The van der Waals surface area contributed by atoms with Crippen molar-refractivity contribution in [2.24, 2.45) is 7.05 Å². The van der Waals surface area contributed by atoms with Gasteiger partial charge >= 0.3 is 0 Å². The maximum absolute atomic E-state index is 13.1. The molecule has 0 bridgehead atoms. The van der Waals surface area contributed by atoms with Gasteiger partial charge in [0.25, 0.3) is 15.6 Å². The third-order valence-corrected chi connectivity index (χ3v) is 5.61. The topological polar surface area (TPSA) is 73.1 Å². The van der Waals surface area contributed by atoms with E-state index in [1.54, 1.807) is 75.0 Å². The van der Waals surface area contributed by atoms with Crippen molar-refractivity contribution in [2.75, 3.05) is 7.05 Å². The maximum Gasteiger partial charge on any atom is 0.268 e. The molecule has 0 spiro atoms. The van der Waals surface area contributed by atoms with E-state index in [2.05, 4.69) is 5.32 Å². The highest BCUT2D eigenvalue weighted by molar-refractivity contribution is 7.90. The number of aromatic nitrogens is 2. The van der Waals surface area contributed by atoms with Gasteiger partial charge in [-0.2, -0.15) is 0 Å². The van der Waals surface area contributed by atoms with E-state index >= 15 is 0 Å². The van der Waals surface area contributed by atoms with Crippen molar-refractivity contribution >= 4 is 22.4 Å². The SMILES string of the molecule is CNCc1cc(-c2cccn(C)c2=O)n(S(=O)(=O)c2ccccc2)c1.Cl. The van der Waals surface area contributed by atoms with Gasteiger partial charge in [-0.25, -0.2) is 12.4 Å². The van der Waals surface area contributed by atoms with Gasteiger partial charge in [0.1, 0.15) is 0 Å². The number of hydrogen-bond donors (Lipinski definition) is 1. The van der Waals surface area contributed by atoms with E-state index in [-0.39, 0.29) is 22.9 Å². The Labute approximate surface area is 158 Å². The van der Waals surface area contributed by atoms with E-state index in [4.69, 9.17) is 0 Å². The molecule has 0 saturated heterocycles. The molecule has 26 heavy (non-hydrogen) atoms. The van der Waals surface area contributed by atoms with Crippen molar-refractivity contribution < 1.29 is 8.42 Å². The Morgan fingerprint density at radius 2 is 1.77 bits per heavy atom.